The monoisotopic (exact) mass is 468 g/mol. The van der Waals surface area contributed by atoms with Gasteiger partial charge in [0.25, 0.3) is 5.91 Å². The van der Waals surface area contributed by atoms with Crippen molar-refractivity contribution in [1.82, 2.24) is 10.4 Å². The van der Waals surface area contributed by atoms with E-state index in [0.717, 1.165) is 78.0 Å². The number of nitrogens with one attached hydrogen (secondary N) is 3. The van der Waals surface area contributed by atoms with Crippen molar-refractivity contribution in [2.45, 2.75) is 31.2 Å². The second-order valence-corrected chi connectivity index (χ2v) is 9.49. The minimum atomic E-state index is -1.29. The number of fused-ring (bicyclic) bond motifs is 8. The summed E-state index contributed by atoms with van der Waals surface area (Å²) in [4.78, 5) is 25.7. The normalized spacial score (nSPS) is 18.2. The van der Waals surface area contributed by atoms with E-state index in [2.05, 4.69) is 28.2 Å². The summed E-state index contributed by atoms with van der Waals surface area (Å²) in [5.41, 5.74) is 8.32. The molecule has 0 saturated heterocycles. The molecule has 0 aromatic heterocycles. The van der Waals surface area contributed by atoms with E-state index in [1.165, 1.54) is 5.01 Å². The molecule has 4 aliphatic heterocycles. The van der Waals surface area contributed by atoms with Gasteiger partial charge in [0, 0.05) is 58.9 Å². The molecule has 0 unspecified atom stereocenters. The Kier molecular flexibility index (Phi) is 4.13. The van der Waals surface area contributed by atoms with Crippen molar-refractivity contribution in [2.24, 2.45) is 0 Å². The lowest BCUT2D eigenvalue weighted by Gasteiger charge is -2.44. The summed E-state index contributed by atoms with van der Waals surface area (Å²) in [7, 11) is 0. The predicted octanol–water partition coefficient (Wildman–Crippen LogP) is 4.44. The van der Waals surface area contributed by atoms with Gasteiger partial charge in [-0.1, -0.05) is 18.2 Å². The van der Waals surface area contributed by atoms with Gasteiger partial charge in [-0.05, 0) is 55.0 Å². The number of hydrogen-bond acceptors (Lipinski definition) is 5. The largest absolute Gasteiger partial charge is 0.464 e. The van der Waals surface area contributed by atoms with Gasteiger partial charge in [0.2, 0.25) is 0 Å². The van der Waals surface area contributed by atoms with Crippen LogP contribution < -0.4 is 20.8 Å². The zero-order valence-corrected chi connectivity index (χ0v) is 19.0. The highest BCUT2D eigenvalue weighted by Gasteiger charge is 2.58. The van der Waals surface area contributed by atoms with E-state index in [-0.39, 0.29) is 5.91 Å². The molecule has 4 heterocycles. The molecule has 8 nitrogen and oxygen atoms in total. The number of carboxylic acid groups (broad SMARTS) is 1. The highest BCUT2D eigenvalue weighted by Crippen LogP contribution is 2.58. The molecule has 4 aliphatic rings. The number of aryl methyl sites for hydroxylation is 2. The van der Waals surface area contributed by atoms with Gasteiger partial charge in [-0.15, -0.1) is 0 Å². The third-order valence-electron chi connectivity index (χ3n) is 7.58. The van der Waals surface area contributed by atoms with Crippen LogP contribution in [0.2, 0.25) is 0 Å². The molecule has 8 heteroatoms. The molecular weight excluding hydrogens is 444 g/mol. The summed E-state index contributed by atoms with van der Waals surface area (Å²) in [5, 5.41) is 18.0. The van der Waals surface area contributed by atoms with Crippen molar-refractivity contribution >= 4 is 23.4 Å². The third-order valence-corrected chi connectivity index (χ3v) is 7.58. The van der Waals surface area contributed by atoms with Gasteiger partial charge in [0.1, 0.15) is 17.0 Å². The minimum Gasteiger partial charge on any atom is -0.464 e. The molecule has 3 aromatic carbocycles. The number of anilines is 2. The number of carbonyl (C=O) groups is 2. The smallest absolute Gasteiger partial charge is 0.423 e. The summed E-state index contributed by atoms with van der Waals surface area (Å²) >= 11 is 0. The Bertz CT molecular complexity index is 1370. The number of ether oxygens (including phenoxy) is 1. The number of amides is 2. The molecule has 0 saturated carbocycles. The molecule has 0 fully saturated rings. The number of hydrogen-bond donors (Lipinski definition) is 4. The number of hydrazine groups is 1. The van der Waals surface area contributed by atoms with Crippen molar-refractivity contribution in [3.63, 3.8) is 0 Å². The Labute approximate surface area is 201 Å². The maximum Gasteiger partial charge on any atom is 0.423 e. The highest BCUT2D eigenvalue weighted by molar-refractivity contribution is 6.03. The molecule has 7 rings (SSSR count). The van der Waals surface area contributed by atoms with Crippen LogP contribution in [0.5, 0.6) is 11.5 Å². The van der Waals surface area contributed by atoms with Crippen molar-refractivity contribution < 1.29 is 19.4 Å². The fourth-order valence-corrected chi connectivity index (χ4v) is 6.13. The van der Waals surface area contributed by atoms with Crippen LogP contribution in [0.3, 0.4) is 0 Å². The Morgan fingerprint density at radius 1 is 0.914 bits per heavy atom. The van der Waals surface area contributed by atoms with E-state index in [9.17, 15) is 14.7 Å². The lowest BCUT2D eigenvalue weighted by molar-refractivity contribution is 0.0502. The first-order valence-electron chi connectivity index (χ1n) is 12.0. The van der Waals surface area contributed by atoms with Crippen LogP contribution in [0.25, 0.3) is 0 Å². The molecule has 4 N–H and O–H groups in total. The van der Waals surface area contributed by atoms with Crippen LogP contribution in [0, 0.1) is 0 Å². The molecule has 0 bridgehead atoms. The molecule has 0 aliphatic carbocycles. The molecule has 176 valence electrons. The van der Waals surface area contributed by atoms with E-state index in [1.54, 1.807) is 6.07 Å². The van der Waals surface area contributed by atoms with Crippen LogP contribution >= 0.6 is 0 Å². The first-order chi connectivity index (χ1) is 17.1. The van der Waals surface area contributed by atoms with Crippen molar-refractivity contribution in [2.75, 3.05) is 23.7 Å². The number of rotatable bonds is 1. The predicted molar refractivity (Wildman–Crippen MR) is 130 cm³/mol. The van der Waals surface area contributed by atoms with Gasteiger partial charge in [-0.25, -0.2) is 15.2 Å². The molecule has 1 spiro atoms. The van der Waals surface area contributed by atoms with Gasteiger partial charge in [-0.3, -0.25) is 4.79 Å². The first-order valence-corrected chi connectivity index (χ1v) is 12.0. The maximum absolute atomic E-state index is 13.7. The zero-order chi connectivity index (χ0) is 23.7. The summed E-state index contributed by atoms with van der Waals surface area (Å²) in [6.45, 7) is 1.78. The second kappa shape index (κ2) is 7.15. The number of nitrogens with zero attached hydrogens (tertiary/aromatic N) is 1. The Morgan fingerprint density at radius 2 is 1.51 bits per heavy atom. The van der Waals surface area contributed by atoms with E-state index < -0.39 is 11.6 Å². The highest BCUT2D eigenvalue weighted by atomic mass is 16.5. The third kappa shape index (κ3) is 2.67. The molecule has 0 atom stereocenters. The average Bonchev–Trinajstić information content (AvgIpc) is 3.11. The standard InChI is InChI=1S/C27H24N4O4/c32-25-17-7-1-2-8-18(17)27(31(25)30-26(33)34)19-11-15-5-3-9-28-21(15)13-23(19)35-24-14-22-16(12-20(24)27)6-4-10-29-22/h1-2,7-8,11-14,28-30H,3-6,9-10H2,(H,33,34). The molecule has 35 heavy (non-hydrogen) atoms. The van der Waals surface area contributed by atoms with Gasteiger partial charge < -0.3 is 20.5 Å². The quantitative estimate of drug-likeness (QED) is 0.421. The van der Waals surface area contributed by atoms with Crippen LogP contribution in [0.15, 0.2) is 48.5 Å². The first kappa shape index (κ1) is 20.2. The van der Waals surface area contributed by atoms with Crippen molar-refractivity contribution in [3.8, 4) is 11.5 Å². The van der Waals surface area contributed by atoms with E-state index in [0.29, 0.717) is 17.1 Å². The zero-order valence-electron chi connectivity index (χ0n) is 19.0. The SMILES string of the molecule is O=C(O)NN1C(=O)c2ccccc2C12c1cc3c(cc1Oc1cc4c(cc12)CCCN4)NCCC3. The van der Waals surface area contributed by atoms with Gasteiger partial charge in [0.15, 0.2) is 0 Å². The summed E-state index contributed by atoms with van der Waals surface area (Å²) < 4.78 is 6.51. The molecule has 0 radical (unpaired) electrons. The molecule has 2 amide bonds. The topological polar surface area (TPSA) is 103 Å². The Morgan fingerprint density at radius 3 is 2.11 bits per heavy atom. The molecule has 3 aromatic rings. The van der Waals surface area contributed by atoms with Crippen LogP contribution in [-0.4, -0.2) is 35.2 Å². The van der Waals surface area contributed by atoms with Crippen molar-refractivity contribution in [1.29, 1.82) is 0 Å². The lowest BCUT2D eigenvalue weighted by atomic mass is 9.73. The van der Waals surface area contributed by atoms with Crippen LogP contribution in [0.4, 0.5) is 16.2 Å². The second-order valence-electron chi connectivity index (χ2n) is 9.49. The van der Waals surface area contributed by atoms with Crippen LogP contribution in [0.1, 0.15) is 51.0 Å². The summed E-state index contributed by atoms with van der Waals surface area (Å²) in [5.74, 6) is 0.847. The Hall–Kier alpha value is -4.20. The fourth-order valence-electron chi connectivity index (χ4n) is 6.13. The summed E-state index contributed by atoms with van der Waals surface area (Å²) in [6.07, 6.45) is 2.51. The maximum atomic E-state index is 13.7. The van der Waals surface area contributed by atoms with Gasteiger partial charge in [-0.2, -0.15) is 0 Å². The minimum absolute atomic E-state index is 0.381. The number of benzene rings is 3. The van der Waals surface area contributed by atoms with E-state index >= 15 is 0 Å². The molecular formula is C27H24N4O4. The van der Waals surface area contributed by atoms with Crippen molar-refractivity contribution in [3.05, 3.63) is 81.9 Å². The van der Waals surface area contributed by atoms with E-state index in [4.69, 9.17) is 4.74 Å². The van der Waals surface area contributed by atoms with Crippen LogP contribution in [-0.2, 0) is 18.4 Å². The van der Waals surface area contributed by atoms with E-state index in [1.807, 2.05) is 30.3 Å². The summed E-state index contributed by atoms with van der Waals surface area (Å²) in [6, 6.07) is 15.5. The van der Waals surface area contributed by atoms with Gasteiger partial charge >= 0.3 is 6.09 Å². The Balaban J connectivity index is 1.60. The fraction of sp³-hybridized carbons (Fsp3) is 0.259. The number of carbonyl (C=O) groups excluding carboxylic acids is 1. The van der Waals surface area contributed by atoms with Gasteiger partial charge in [0.05, 0.1) is 0 Å². The average molecular weight is 469 g/mol. The lowest BCUT2D eigenvalue weighted by Crippen LogP contribution is -2.55.